The molecule has 1 aliphatic heterocycles. The second-order valence-corrected chi connectivity index (χ2v) is 5.35. The quantitative estimate of drug-likeness (QED) is 0.649. The lowest BCUT2D eigenvalue weighted by molar-refractivity contribution is -0.133. The van der Waals surface area contributed by atoms with Crippen LogP contribution in [-0.4, -0.2) is 37.0 Å². The van der Waals surface area contributed by atoms with Crippen LogP contribution in [0.1, 0.15) is 34.1 Å². The van der Waals surface area contributed by atoms with Crippen molar-refractivity contribution in [2.45, 2.75) is 46.2 Å². The van der Waals surface area contributed by atoms with Gasteiger partial charge in [0.1, 0.15) is 6.04 Å². The number of carbonyl (C=O) groups excluding carboxylic acids is 2. The van der Waals surface area contributed by atoms with Crippen LogP contribution in [0.5, 0.6) is 0 Å². The Morgan fingerprint density at radius 3 is 2.35 bits per heavy atom. The van der Waals surface area contributed by atoms with Crippen LogP contribution in [0.25, 0.3) is 0 Å². The van der Waals surface area contributed by atoms with E-state index in [1.54, 1.807) is 6.92 Å². The number of hydrogen-bond donors (Lipinski definition) is 3. The van der Waals surface area contributed by atoms with Crippen LogP contribution in [0.15, 0.2) is 0 Å². The summed E-state index contributed by atoms with van der Waals surface area (Å²) in [6.07, 6.45) is 0.817. The molecule has 0 aliphatic carbocycles. The zero-order valence-corrected chi connectivity index (χ0v) is 11.1. The molecule has 5 nitrogen and oxygen atoms in total. The summed E-state index contributed by atoms with van der Waals surface area (Å²) in [7, 11) is 0. The molecule has 2 unspecified atom stereocenters. The van der Waals surface area contributed by atoms with Gasteiger partial charge >= 0.3 is 0 Å². The third-order valence-corrected chi connectivity index (χ3v) is 3.09. The van der Waals surface area contributed by atoms with Crippen molar-refractivity contribution in [1.82, 2.24) is 16.0 Å². The number of rotatable bonds is 4. The molecule has 0 aromatic rings. The van der Waals surface area contributed by atoms with Gasteiger partial charge in [-0.2, -0.15) is 0 Å². The van der Waals surface area contributed by atoms with E-state index in [1.807, 2.05) is 20.8 Å². The van der Waals surface area contributed by atoms with Gasteiger partial charge in [0.25, 0.3) is 0 Å². The van der Waals surface area contributed by atoms with Crippen molar-refractivity contribution >= 4 is 11.8 Å². The predicted molar refractivity (Wildman–Crippen MR) is 66.5 cm³/mol. The molecule has 3 N–H and O–H groups in total. The fourth-order valence-electron chi connectivity index (χ4n) is 1.86. The summed E-state index contributed by atoms with van der Waals surface area (Å²) in [4.78, 5) is 23.7. The first-order chi connectivity index (χ1) is 7.85. The molecule has 0 saturated carbocycles. The maximum absolute atomic E-state index is 12.0. The molecule has 1 saturated heterocycles. The van der Waals surface area contributed by atoms with Crippen LogP contribution < -0.4 is 16.0 Å². The van der Waals surface area contributed by atoms with Gasteiger partial charge in [0.15, 0.2) is 0 Å². The summed E-state index contributed by atoms with van der Waals surface area (Å²) in [5, 5.41) is 8.73. The van der Waals surface area contributed by atoms with Crippen LogP contribution in [-0.2, 0) is 9.59 Å². The molecule has 2 atom stereocenters. The van der Waals surface area contributed by atoms with E-state index in [-0.39, 0.29) is 23.3 Å². The van der Waals surface area contributed by atoms with Crippen molar-refractivity contribution in [3.05, 3.63) is 0 Å². The monoisotopic (exact) mass is 241 g/mol. The Kier molecular flexibility index (Phi) is 4.51. The molecular weight excluding hydrogens is 218 g/mol. The minimum absolute atomic E-state index is 0.0473. The van der Waals surface area contributed by atoms with E-state index in [2.05, 4.69) is 16.0 Å². The van der Waals surface area contributed by atoms with Crippen molar-refractivity contribution in [1.29, 1.82) is 0 Å². The second-order valence-electron chi connectivity index (χ2n) is 5.35. The number of amides is 2. The summed E-state index contributed by atoms with van der Waals surface area (Å²) >= 11 is 0. The summed E-state index contributed by atoms with van der Waals surface area (Å²) in [5.41, 5.74) is -0.383. The van der Waals surface area contributed by atoms with E-state index < -0.39 is 6.04 Å². The van der Waals surface area contributed by atoms with Gasteiger partial charge < -0.3 is 16.0 Å². The minimum Gasteiger partial charge on any atom is -0.352 e. The van der Waals surface area contributed by atoms with Gasteiger partial charge in [-0.25, -0.2) is 0 Å². The molecule has 2 amide bonds. The summed E-state index contributed by atoms with van der Waals surface area (Å²) in [5.74, 6) is -0.184. The molecule has 1 heterocycles. The lowest BCUT2D eigenvalue weighted by Crippen LogP contribution is -2.51. The predicted octanol–water partition coefficient (Wildman–Crippen LogP) is 0.0153. The molecule has 1 fully saturated rings. The first-order valence-corrected chi connectivity index (χ1v) is 6.17. The van der Waals surface area contributed by atoms with Crippen molar-refractivity contribution in [2.24, 2.45) is 5.41 Å². The standard InChI is InChI=1S/C12H23N3O2/c1-8(2)14-10(16)9(3)15-11(17)12(4)5-6-13-7-12/h8-9,13H,5-7H2,1-4H3,(H,14,16)(H,15,17). The number of carbonyl (C=O) groups is 2. The van der Waals surface area contributed by atoms with Gasteiger partial charge in [0, 0.05) is 12.6 Å². The van der Waals surface area contributed by atoms with Crippen molar-refractivity contribution in [3.63, 3.8) is 0 Å². The molecule has 1 rings (SSSR count). The van der Waals surface area contributed by atoms with Crippen LogP contribution >= 0.6 is 0 Å². The largest absolute Gasteiger partial charge is 0.352 e. The molecule has 5 heteroatoms. The summed E-state index contributed by atoms with van der Waals surface area (Å²) in [6, 6.07) is -0.395. The third-order valence-electron chi connectivity index (χ3n) is 3.09. The molecule has 0 bridgehead atoms. The highest BCUT2D eigenvalue weighted by Crippen LogP contribution is 2.24. The van der Waals surface area contributed by atoms with Gasteiger partial charge in [0.05, 0.1) is 5.41 Å². The zero-order valence-electron chi connectivity index (χ0n) is 11.1. The van der Waals surface area contributed by atoms with Crippen molar-refractivity contribution in [2.75, 3.05) is 13.1 Å². The van der Waals surface area contributed by atoms with Gasteiger partial charge in [-0.3, -0.25) is 9.59 Å². The SMILES string of the molecule is CC(C)NC(=O)C(C)NC(=O)C1(C)CCNC1. The van der Waals surface area contributed by atoms with Crippen LogP contribution in [0.4, 0.5) is 0 Å². The second kappa shape index (κ2) is 5.49. The topological polar surface area (TPSA) is 70.2 Å². The maximum atomic E-state index is 12.0. The summed E-state index contributed by atoms with van der Waals surface area (Å²) in [6.45, 7) is 8.97. The van der Waals surface area contributed by atoms with Crippen LogP contribution in [0.2, 0.25) is 0 Å². The van der Waals surface area contributed by atoms with E-state index in [9.17, 15) is 9.59 Å². The Morgan fingerprint density at radius 2 is 1.88 bits per heavy atom. The Hall–Kier alpha value is -1.10. The normalized spacial score (nSPS) is 25.7. The summed E-state index contributed by atoms with van der Waals surface area (Å²) < 4.78 is 0. The van der Waals surface area contributed by atoms with Gasteiger partial charge in [-0.05, 0) is 40.7 Å². The molecule has 98 valence electrons. The van der Waals surface area contributed by atoms with E-state index in [0.717, 1.165) is 13.0 Å². The highest BCUT2D eigenvalue weighted by Gasteiger charge is 2.37. The molecule has 0 radical (unpaired) electrons. The molecule has 0 aromatic carbocycles. The number of hydrogen-bond acceptors (Lipinski definition) is 3. The lowest BCUT2D eigenvalue weighted by atomic mass is 9.88. The highest BCUT2D eigenvalue weighted by atomic mass is 16.2. The van der Waals surface area contributed by atoms with Crippen LogP contribution in [0, 0.1) is 5.41 Å². The minimum atomic E-state index is -0.484. The molecule has 0 aromatic heterocycles. The van der Waals surface area contributed by atoms with E-state index >= 15 is 0 Å². The lowest BCUT2D eigenvalue weighted by Gasteiger charge is -2.24. The van der Waals surface area contributed by atoms with Gasteiger partial charge in [-0.1, -0.05) is 0 Å². The first-order valence-electron chi connectivity index (χ1n) is 6.17. The zero-order chi connectivity index (χ0) is 13.1. The molecular formula is C12H23N3O2. The maximum Gasteiger partial charge on any atom is 0.242 e. The van der Waals surface area contributed by atoms with Gasteiger partial charge in [-0.15, -0.1) is 0 Å². The van der Waals surface area contributed by atoms with E-state index in [4.69, 9.17) is 0 Å². The Labute approximate surface area is 103 Å². The molecule has 1 aliphatic rings. The smallest absolute Gasteiger partial charge is 0.242 e. The number of nitrogens with one attached hydrogen (secondary N) is 3. The molecule has 0 spiro atoms. The fourth-order valence-corrected chi connectivity index (χ4v) is 1.86. The van der Waals surface area contributed by atoms with Crippen molar-refractivity contribution in [3.8, 4) is 0 Å². The Morgan fingerprint density at radius 1 is 1.24 bits per heavy atom. The highest BCUT2D eigenvalue weighted by molar-refractivity contribution is 5.90. The Bertz CT molecular complexity index is 296. The Balaban J connectivity index is 2.48. The molecule has 17 heavy (non-hydrogen) atoms. The van der Waals surface area contributed by atoms with Crippen LogP contribution in [0.3, 0.4) is 0 Å². The van der Waals surface area contributed by atoms with E-state index in [0.29, 0.717) is 6.54 Å². The average molecular weight is 241 g/mol. The fraction of sp³-hybridized carbons (Fsp3) is 0.833. The van der Waals surface area contributed by atoms with E-state index in [1.165, 1.54) is 0 Å². The van der Waals surface area contributed by atoms with Gasteiger partial charge in [0.2, 0.25) is 11.8 Å². The first kappa shape index (κ1) is 14.0. The van der Waals surface area contributed by atoms with Crippen molar-refractivity contribution < 1.29 is 9.59 Å². The average Bonchev–Trinajstić information content (AvgIpc) is 2.65. The third kappa shape index (κ3) is 3.70.